The molecule has 0 spiro atoms. The first-order chi connectivity index (χ1) is 15.3. The van der Waals surface area contributed by atoms with E-state index in [0.717, 1.165) is 17.0 Å². The highest BCUT2D eigenvalue weighted by Crippen LogP contribution is 2.31. The van der Waals surface area contributed by atoms with Gasteiger partial charge in [-0.1, -0.05) is 23.5 Å². The Bertz CT molecular complexity index is 1370. The Morgan fingerprint density at radius 2 is 1.94 bits per heavy atom. The Hall–Kier alpha value is -3.39. The molecule has 1 aliphatic rings. The molecule has 3 aromatic rings. The topological polar surface area (TPSA) is 77.0 Å². The lowest BCUT2D eigenvalue weighted by atomic mass is 9.95. The molecule has 2 aromatic heterocycles. The number of anilines is 1. The van der Waals surface area contributed by atoms with Crippen LogP contribution in [0.25, 0.3) is 6.08 Å². The standard InChI is InChI=1S/C24H25N3O4S/c1-6-30-23(29)20-15(3)25-24-27(21(20)16-8-10-17(11-9-16)26(4)5)22(28)19(32-24)13-18-12-7-14(2)31-18/h7-13,21H,6H2,1-5H3/b19-13+. The summed E-state index contributed by atoms with van der Waals surface area (Å²) in [4.78, 5) is 33.5. The molecule has 3 heterocycles. The number of allylic oxidation sites excluding steroid dienone is 1. The molecular formula is C24H25N3O4S. The number of hydrogen-bond donors (Lipinski definition) is 0. The molecule has 32 heavy (non-hydrogen) atoms. The maximum atomic E-state index is 13.5. The van der Waals surface area contributed by atoms with Gasteiger partial charge in [0.1, 0.15) is 11.5 Å². The van der Waals surface area contributed by atoms with Crippen LogP contribution in [0.5, 0.6) is 0 Å². The average molecular weight is 452 g/mol. The number of thiazole rings is 1. The number of fused-ring (bicyclic) bond motifs is 1. The average Bonchev–Trinajstić information content (AvgIpc) is 3.30. The quantitative estimate of drug-likeness (QED) is 0.558. The summed E-state index contributed by atoms with van der Waals surface area (Å²) in [6.45, 7) is 5.63. The summed E-state index contributed by atoms with van der Waals surface area (Å²) >= 11 is 1.28. The molecule has 0 saturated heterocycles. The van der Waals surface area contributed by atoms with Gasteiger partial charge in [0.2, 0.25) is 0 Å². The number of ether oxygens (including phenoxy) is 1. The fourth-order valence-corrected chi connectivity index (χ4v) is 4.75. The van der Waals surface area contributed by atoms with Crippen molar-refractivity contribution in [3.63, 3.8) is 0 Å². The third-order valence-electron chi connectivity index (χ3n) is 5.28. The van der Waals surface area contributed by atoms with Crippen molar-refractivity contribution in [2.75, 3.05) is 25.6 Å². The van der Waals surface area contributed by atoms with Crippen LogP contribution >= 0.6 is 11.3 Å². The Kier molecular flexibility index (Phi) is 5.88. The van der Waals surface area contributed by atoms with Crippen LogP contribution in [0, 0.1) is 6.92 Å². The summed E-state index contributed by atoms with van der Waals surface area (Å²) in [5.74, 6) is 0.899. The number of aromatic nitrogens is 1. The highest BCUT2D eigenvalue weighted by molar-refractivity contribution is 7.07. The van der Waals surface area contributed by atoms with Crippen molar-refractivity contribution in [3.8, 4) is 0 Å². The summed E-state index contributed by atoms with van der Waals surface area (Å²) in [6.07, 6.45) is 1.71. The van der Waals surface area contributed by atoms with E-state index in [1.165, 1.54) is 11.3 Å². The molecule has 0 amide bonds. The van der Waals surface area contributed by atoms with E-state index >= 15 is 0 Å². The molecule has 0 aliphatic carbocycles. The zero-order valence-electron chi connectivity index (χ0n) is 18.7. The molecule has 0 fully saturated rings. The minimum Gasteiger partial charge on any atom is -0.463 e. The maximum absolute atomic E-state index is 13.5. The van der Waals surface area contributed by atoms with Crippen LogP contribution in [0.1, 0.15) is 37.0 Å². The third-order valence-corrected chi connectivity index (χ3v) is 6.26. The van der Waals surface area contributed by atoms with Gasteiger partial charge in [-0.05, 0) is 50.6 Å². The van der Waals surface area contributed by atoms with Crippen molar-refractivity contribution >= 4 is 29.1 Å². The lowest BCUT2D eigenvalue weighted by molar-refractivity contribution is -0.139. The van der Waals surface area contributed by atoms with Gasteiger partial charge in [0.05, 0.1) is 28.5 Å². The second kappa shape index (κ2) is 8.63. The molecule has 0 radical (unpaired) electrons. The SMILES string of the molecule is CCOC(=O)C1=C(C)N=c2s/c(=C/c3ccc(C)o3)c(=O)n2C1c1ccc(N(C)C)cc1. The van der Waals surface area contributed by atoms with Crippen molar-refractivity contribution in [1.82, 2.24) is 4.57 Å². The van der Waals surface area contributed by atoms with E-state index in [2.05, 4.69) is 4.99 Å². The predicted molar refractivity (Wildman–Crippen MR) is 125 cm³/mol. The number of carbonyl (C=O) groups is 1. The van der Waals surface area contributed by atoms with Gasteiger partial charge in [-0.2, -0.15) is 0 Å². The van der Waals surface area contributed by atoms with E-state index in [9.17, 15) is 9.59 Å². The first-order valence-electron chi connectivity index (χ1n) is 10.3. The number of aryl methyl sites for hydroxylation is 1. The Morgan fingerprint density at radius 1 is 1.22 bits per heavy atom. The molecule has 8 heteroatoms. The largest absolute Gasteiger partial charge is 0.463 e. The highest BCUT2D eigenvalue weighted by Gasteiger charge is 2.33. The number of hydrogen-bond acceptors (Lipinski definition) is 7. The third kappa shape index (κ3) is 3.93. The molecule has 0 bridgehead atoms. The van der Waals surface area contributed by atoms with E-state index in [-0.39, 0.29) is 12.2 Å². The Labute approximate surface area is 189 Å². The smallest absolute Gasteiger partial charge is 0.338 e. The molecular weight excluding hydrogens is 426 g/mol. The summed E-state index contributed by atoms with van der Waals surface area (Å²) in [5.41, 5.74) is 2.53. The van der Waals surface area contributed by atoms with E-state index in [1.54, 1.807) is 24.5 Å². The predicted octanol–water partition coefficient (Wildman–Crippen LogP) is 2.77. The minimum absolute atomic E-state index is 0.223. The van der Waals surface area contributed by atoms with Gasteiger partial charge in [0, 0.05) is 25.9 Å². The van der Waals surface area contributed by atoms with Crippen molar-refractivity contribution in [2.45, 2.75) is 26.8 Å². The summed E-state index contributed by atoms with van der Waals surface area (Å²) in [6, 6.07) is 10.9. The van der Waals surface area contributed by atoms with Crippen molar-refractivity contribution in [3.05, 3.63) is 84.4 Å². The van der Waals surface area contributed by atoms with Crippen LogP contribution in [0.3, 0.4) is 0 Å². The second-order valence-corrected chi connectivity index (χ2v) is 8.75. The van der Waals surface area contributed by atoms with E-state index in [4.69, 9.17) is 9.15 Å². The number of esters is 1. The number of rotatable bonds is 5. The number of furan rings is 1. The second-order valence-electron chi connectivity index (χ2n) is 7.74. The molecule has 0 N–H and O–H groups in total. The number of nitrogens with zero attached hydrogens (tertiary/aromatic N) is 3. The molecule has 0 saturated carbocycles. The van der Waals surface area contributed by atoms with Crippen LogP contribution in [0.15, 0.2) is 61.9 Å². The number of benzene rings is 1. The molecule has 1 aromatic carbocycles. The van der Waals surface area contributed by atoms with E-state index < -0.39 is 12.0 Å². The molecule has 166 valence electrons. The van der Waals surface area contributed by atoms with E-state index in [1.807, 2.05) is 62.3 Å². The zero-order chi connectivity index (χ0) is 23.0. The van der Waals surface area contributed by atoms with Gasteiger partial charge in [-0.25, -0.2) is 9.79 Å². The van der Waals surface area contributed by atoms with Gasteiger partial charge in [-0.15, -0.1) is 0 Å². The lowest BCUT2D eigenvalue weighted by Crippen LogP contribution is -2.39. The Balaban J connectivity index is 1.93. The van der Waals surface area contributed by atoms with Crippen molar-refractivity contribution < 1.29 is 13.9 Å². The van der Waals surface area contributed by atoms with Gasteiger partial charge < -0.3 is 14.1 Å². The van der Waals surface area contributed by atoms with Gasteiger partial charge in [-0.3, -0.25) is 9.36 Å². The Morgan fingerprint density at radius 3 is 2.53 bits per heavy atom. The van der Waals surface area contributed by atoms with Crippen molar-refractivity contribution in [2.24, 2.45) is 4.99 Å². The normalized spacial score (nSPS) is 16.0. The molecule has 1 atom stereocenters. The van der Waals surface area contributed by atoms with Crippen LogP contribution in [0.4, 0.5) is 5.69 Å². The van der Waals surface area contributed by atoms with Crippen LogP contribution < -0.4 is 19.8 Å². The van der Waals surface area contributed by atoms with Crippen LogP contribution in [-0.2, 0) is 9.53 Å². The first-order valence-corrected chi connectivity index (χ1v) is 11.1. The van der Waals surface area contributed by atoms with Gasteiger partial charge in [0.25, 0.3) is 5.56 Å². The zero-order valence-corrected chi connectivity index (χ0v) is 19.5. The van der Waals surface area contributed by atoms with Gasteiger partial charge in [0.15, 0.2) is 4.80 Å². The van der Waals surface area contributed by atoms with Gasteiger partial charge >= 0.3 is 5.97 Å². The van der Waals surface area contributed by atoms with Crippen molar-refractivity contribution in [1.29, 1.82) is 0 Å². The maximum Gasteiger partial charge on any atom is 0.338 e. The summed E-state index contributed by atoms with van der Waals surface area (Å²) < 4.78 is 13.0. The summed E-state index contributed by atoms with van der Waals surface area (Å²) in [7, 11) is 3.92. The lowest BCUT2D eigenvalue weighted by Gasteiger charge is -2.25. The molecule has 1 aliphatic heterocycles. The first kappa shape index (κ1) is 21.8. The fraction of sp³-hybridized carbons (Fsp3) is 0.292. The van der Waals surface area contributed by atoms with Crippen LogP contribution in [0.2, 0.25) is 0 Å². The number of carbonyl (C=O) groups excluding carboxylic acids is 1. The van der Waals surface area contributed by atoms with Crippen LogP contribution in [-0.4, -0.2) is 31.2 Å². The molecule has 1 unspecified atom stereocenters. The summed E-state index contributed by atoms with van der Waals surface area (Å²) in [5, 5.41) is 0. The highest BCUT2D eigenvalue weighted by atomic mass is 32.1. The fourth-order valence-electron chi connectivity index (χ4n) is 3.72. The molecule has 4 rings (SSSR count). The monoisotopic (exact) mass is 451 g/mol. The van der Waals surface area contributed by atoms with E-state index in [0.29, 0.717) is 26.4 Å². The molecule has 7 nitrogen and oxygen atoms in total. The minimum atomic E-state index is -0.623.